The number of hydrogen-bond acceptors (Lipinski definition) is 3. The van der Waals surface area contributed by atoms with E-state index in [0.29, 0.717) is 29.1 Å². The summed E-state index contributed by atoms with van der Waals surface area (Å²) in [7, 11) is 3.93. The molecule has 0 saturated heterocycles. The van der Waals surface area contributed by atoms with Crippen molar-refractivity contribution in [2.75, 3.05) is 27.2 Å². The van der Waals surface area contributed by atoms with Crippen LogP contribution in [0.3, 0.4) is 0 Å². The number of nitrogens with one attached hydrogen (secondary N) is 1. The van der Waals surface area contributed by atoms with Crippen molar-refractivity contribution in [1.29, 1.82) is 0 Å². The minimum atomic E-state index is -0.152. The van der Waals surface area contributed by atoms with Crippen LogP contribution in [0.25, 0.3) is 0 Å². The summed E-state index contributed by atoms with van der Waals surface area (Å²) in [6.07, 6.45) is 0.404. The van der Waals surface area contributed by atoms with Gasteiger partial charge in [-0.3, -0.25) is 4.79 Å². The highest BCUT2D eigenvalue weighted by atomic mass is 35.5. The topological polar surface area (TPSA) is 52.6 Å². The third kappa shape index (κ3) is 5.76. The molecule has 1 aromatic carbocycles. The summed E-state index contributed by atoms with van der Waals surface area (Å²) in [5.74, 6) is 5.52. The third-order valence-electron chi connectivity index (χ3n) is 3.13. The number of aliphatic hydroxyl groups is 1. The van der Waals surface area contributed by atoms with Crippen LogP contribution in [0, 0.1) is 11.8 Å². The van der Waals surface area contributed by atoms with E-state index in [9.17, 15) is 4.79 Å². The first-order valence-corrected chi connectivity index (χ1v) is 7.17. The van der Waals surface area contributed by atoms with Crippen LogP contribution in [0.2, 0.25) is 5.02 Å². The smallest absolute Gasteiger partial charge is 0.251 e. The predicted molar refractivity (Wildman–Crippen MR) is 85.5 cm³/mol. The Morgan fingerprint density at radius 3 is 2.76 bits per heavy atom. The van der Waals surface area contributed by atoms with E-state index in [1.165, 1.54) is 0 Å². The summed E-state index contributed by atoms with van der Waals surface area (Å²) in [6, 6.07) is 5.29. The average Bonchev–Trinajstić information content (AvgIpc) is 2.46. The molecule has 1 unspecified atom stereocenters. The summed E-state index contributed by atoms with van der Waals surface area (Å²) >= 11 is 6.11. The molecule has 5 heteroatoms. The van der Waals surface area contributed by atoms with E-state index in [0.717, 1.165) is 0 Å². The van der Waals surface area contributed by atoms with E-state index in [1.54, 1.807) is 18.2 Å². The second-order valence-electron chi connectivity index (χ2n) is 4.99. The molecule has 0 saturated carbocycles. The van der Waals surface area contributed by atoms with E-state index in [1.807, 2.05) is 25.9 Å². The van der Waals surface area contributed by atoms with E-state index in [4.69, 9.17) is 16.7 Å². The molecule has 1 aromatic rings. The molecular formula is C16H21ClN2O2. The van der Waals surface area contributed by atoms with E-state index >= 15 is 0 Å². The fraction of sp³-hybridized carbons (Fsp3) is 0.438. The van der Waals surface area contributed by atoms with Crippen molar-refractivity contribution < 1.29 is 9.90 Å². The molecule has 0 radical (unpaired) electrons. The maximum atomic E-state index is 12.0. The zero-order chi connectivity index (χ0) is 15.8. The SMILES string of the molecule is CC(CNC(=O)c1ccc(C#CCCO)c(Cl)c1)N(C)C. The number of likely N-dealkylation sites (N-methyl/N-ethyl adjacent to an activating group) is 1. The summed E-state index contributed by atoms with van der Waals surface area (Å²) in [5, 5.41) is 12.0. The third-order valence-corrected chi connectivity index (χ3v) is 3.44. The normalized spacial score (nSPS) is 11.7. The van der Waals surface area contributed by atoms with E-state index in [2.05, 4.69) is 17.2 Å². The molecule has 0 fully saturated rings. The molecule has 4 nitrogen and oxygen atoms in total. The van der Waals surface area contributed by atoms with Gasteiger partial charge in [0.15, 0.2) is 0 Å². The maximum absolute atomic E-state index is 12.0. The van der Waals surface area contributed by atoms with Crippen molar-refractivity contribution in [3.8, 4) is 11.8 Å². The summed E-state index contributed by atoms with van der Waals surface area (Å²) in [5.41, 5.74) is 1.17. The van der Waals surface area contributed by atoms with Gasteiger partial charge in [-0.05, 0) is 39.2 Å². The van der Waals surface area contributed by atoms with Crippen molar-refractivity contribution >= 4 is 17.5 Å². The van der Waals surface area contributed by atoms with Crippen LogP contribution in [0.5, 0.6) is 0 Å². The predicted octanol–water partition coefficient (Wildman–Crippen LogP) is 1.75. The van der Waals surface area contributed by atoms with Crippen molar-refractivity contribution in [3.05, 3.63) is 34.3 Å². The van der Waals surface area contributed by atoms with Crippen molar-refractivity contribution in [2.24, 2.45) is 0 Å². The van der Waals surface area contributed by atoms with Gasteiger partial charge in [-0.15, -0.1) is 0 Å². The molecule has 114 valence electrons. The van der Waals surface area contributed by atoms with Gasteiger partial charge in [-0.1, -0.05) is 23.4 Å². The molecule has 0 spiro atoms. The first-order valence-electron chi connectivity index (χ1n) is 6.79. The first-order chi connectivity index (χ1) is 9.95. The Bertz CT molecular complexity index is 547. The highest BCUT2D eigenvalue weighted by Crippen LogP contribution is 2.17. The van der Waals surface area contributed by atoms with Gasteiger partial charge in [0.25, 0.3) is 5.91 Å². The first kappa shape index (κ1) is 17.5. The monoisotopic (exact) mass is 308 g/mol. The molecule has 1 rings (SSSR count). The molecule has 0 aliphatic carbocycles. The Morgan fingerprint density at radius 2 is 2.19 bits per heavy atom. The Kier molecular flexibility index (Phi) is 7.24. The van der Waals surface area contributed by atoms with Gasteiger partial charge >= 0.3 is 0 Å². The Hall–Kier alpha value is -1.54. The molecule has 0 aliphatic heterocycles. The van der Waals surface area contributed by atoms with Gasteiger partial charge in [0, 0.05) is 30.1 Å². The van der Waals surface area contributed by atoms with Crippen LogP contribution >= 0.6 is 11.6 Å². The van der Waals surface area contributed by atoms with Crippen LogP contribution in [0.1, 0.15) is 29.3 Å². The zero-order valence-corrected chi connectivity index (χ0v) is 13.4. The molecule has 0 heterocycles. The summed E-state index contributed by atoms with van der Waals surface area (Å²) < 4.78 is 0. The molecule has 2 N–H and O–H groups in total. The largest absolute Gasteiger partial charge is 0.395 e. The number of aliphatic hydroxyl groups excluding tert-OH is 1. The van der Waals surface area contributed by atoms with E-state index in [-0.39, 0.29) is 18.6 Å². The molecular weight excluding hydrogens is 288 g/mol. The van der Waals surface area contributed by atoms with Crippen LogP contribution in [0.4, 0.5) is 0 Å². The van der Waals surface area contributed by atoms with Crippen LogP contribution in [-0.4, -0.2) is 49.2 Å². The lowest BCUT2D eigenvalue weighted by molar-refractivity contribution is 0.0943. The van der Waals surface area contributed by atoms with Crippen molar-refractivity contribution in [2.45, 2.75) is 19.4 Å². The van der Waals surface area contributed by atoms with Crippen LogP contribution in [0.15, 0.2) is 18.2 Å². The van der Waals surface area contributed by atoms with Gasteiger partial charge in [-0.25, -0.2) is 0 Å². The standard InChI is InChI=1S/C16H21ClN2O2/c1-12(19(2)3)11-18-16(21)14-8-7-13(15(17)10-14)6-4-5-9-20/h7-8,10,12,20H,5,9,11H2,1-3H3,(H,18,21). The van der Waals surface area contributed by atoms with Crippen molar-refractivity contribution in [3.63, 3.8) is 0 Å². The average molecular weight is 309 g/mol. The lowest BCUT2D eigenvalue weighted by atomic mass is 10.1. The second-order valence-corrected chi connectivity index (χ2v) is 5.40. The van der Waals surface area contributed by atoms with Gasteiger partial charge < -0.3 is 15.3 Å². The summed E-state index contributed by atoms with van der Waals surface area (Å²) in [4.78, 5) is 14.1. The second kappa shape index (κ2) is 8.68. The fourth-order valence-corrected chi connectivity index (χ4v) is 1.72. The highest BCUT2D eigenvalue weighted by Gasteiger charge is 2.10. The Morgan fingerprint density at radius 1 is 1.48 bits per heavy atom. The molecule has 0 bridgehead atoms. The van der Waals surface area contributed by atoms with Gasteiger partial charge in [0.05, 0.1) is 11.6 Å². The van der Waals surface area contributed by atoms with Gasteiger partial charge in [0.2, 0.25) is 0 Å². The molecule has 0 aliphatic rings. The number of amides is 1. The highest BCUT2D eigenvalue weighted by molar-refractivity contribution is 6.32. The van der Waals surface area contributed by atoms with Crippen molar-refractivity contribution in [1.82, 2.24) is 10.2 Å². The van der Waals surface area contributed by atoms with E-state index < -0.39 is 0 Å². The number of hydrogen-bond donors (Lipinski definition) is 2. The molecule has 1 atom stereocenters. The maximum Gasteiger partial charge on any atom is 0.251 e. The van der Waals surface area contributed by atoms with Gasteiger partial charge in [-0.2, -0.15) is 0 Å². The Labute approximate surface area is 131 Å². The molecule has 1 amide bonds. The lowest BCUT2D eigenvalue weighted by Gasteiger charge is -2.20. The zero-order valence-electron chi connectivity index (χ0n) is 12.6. The molecule has 21 heavy (non-hydrogen) atoms. The minimum Gasteiger partial charge on any atom is -0.395 e. The van der Waals surface area contributed by atoms with Crippen LogP contribution in [-0.2, 0) is 0 Å². The fourth-order valence-electron chi connectivity index (χ4n) is 1.50. The number of halogens is 1. The lowest BCUT2D eigenvalue weighted by Crippen LogP contribution is -2.38. The number of carbonyl (C=O) groups is 1. The number of benzene rings is 1. The number of rotatable bonds is 5. The Balaban J connectivity index is 2.71. The van der Waals surface area contributed by atoms with Crippen LogP contribution < -0.4 is 5.32 Å². The quantitative estimate of drug-likeness (QED) is 0.815. The molecule has 0 aromatic heterocycles. The van der Waals surface area contributed by atoms with Gasteiger partial charge in [0.1, 0.15) is 0 Å². The summed E-state index contributed by atoms with van der Waals surface area (Å²) in [6.45, 7) is 2.63. The minimum absolute atomic E-state index is 0.0230. The number of nitrogens with zero attached hydrogens (tertiary/aromatic N) is 1. The number of carbonyl (C=O) groups excluding carboxylic acids is 1.